The second-order valence-electron chi connectivity index (χ2n) is 8.39. The van der Waals surface area contributed by atoms with Crippen molar-refractivity contribution in [2.75, 3.05) is 19.6 Å². The summed E-state index contributed by atoms with van der Waals surface area (Å²) in [6.45, 7) is 4.47. The predicted molar refractivity (Wildman–Crippen MR) is 114 cm³/mol. The maximum absolute atomic E-state index is 13.1. The topological polar surface area (TPSA) is 59.0 Å². The zero-order valence-electron chi connectivity index (χ0n) is 16.8. The number of carbonyl (C=O) groups excluding carboxylic acids is 1. The van der Waals surface area contributed by atoms with Crippen molar-refractivity contribution in [3.63, 3.8) is 0 Å². The smallest absolute Gasteiger partial charge is 0.225 e. The Balaban J connectivity index is 0.00000225. The molecule has 152 valence electrons. The van der Waals surface area contributed by atoms with E-state index in [0.717, 1.165) is 38.0 Å². The summed E-state index contributed by atoms with van der Waals surface area (Å²) in [5.74, 6) is 0.357. The third kappa shape index (κ3) is 4.11. The molecule has 1 aliphatic heterocycles. The van der Waals surface area contributed by atoms with Crippen molar-refractivity contribution in [1.29, 1.82) is 0 Å². The standard InChI is InChI=1S/C22H30N4O.ClH/c1-16-6-5-7-18(10-16)22(8-3-4-9-22)15-24-21(27)20-13-23-12-19(20)17-11-25-26(2)14-17;/h5-7,10-11,14,19-20,23H,3-4,8-9,12-13,15H2,1-2H3,(H,24,27);1H/t19-,20+;/m1./s1. The van der Waals surface area contributed by atoms with Crippen molar-refractivity contribution in [2.45, 2.75) is 43.9 Å². The van der Waals surface area contributed by atoms with Gasteiger partial charge in [-0.15, -0.1) is 12.4 Å². The van der Waals surface area contributed by atoms with E-state index < -0.39 is 0 Å². The van der Waals surface area contributed by atoms with E-state index in [9.17, 15) is 4.79 Å². The molecule has 0 spiro atoms. The van der Waals surface area contributed by atoms with Crippen LogP contribution in [0.25, 0.3) is 0 Å². The van der Waals surface area contributed by atoms with Gasteiger partial charge in [0.2, 0.25) is 5.91 Å². The van der Waals surface area contributed by atoms with Crippen LogP contribution in [0.15, 0.2) is 36.7 Å². The highest BCUT2D eigenvalue weighted by molar-refractivity contribution is 5.85. The van der Waals surface area contributed by atoms with E-state index in [2.05, 4.69) is 46.9 Å². The van der Waals surface area contributed by atoms with Crippen LogP contribution in [0, 0.1) is 12.8 Å². The van der Waals surface area contributed by atoms with E-state index in [0.29, 0.717) is 0 Å². The molecule has 2 fully saturated rings. The maximum atomic E-state index is 13.1. The highest BCUT2D eigenvalue weighted by atomic mass is 35.5. The van der Waals surface area contributed by atoms with Crippen LogP contribution in [-0.2, 0) is 17.3 Å². The molecule has 2 N–H and O–H groups in total. The third-order valence-electron chi connectivity index (χ3n) is 6.50. The number of halogens is 1. The number of aryl methyl sites for hydroxylation is 2. The fourth-order valence-electron chi connectivity index (χ4n) is 4.92. The molecule has 4 rings (SSSR count). The number of aromatic nitrogens is 2. The zero-order chi connectivity index (χ0) is 18.9. The molecule has 1 aromatic carbocycles. The average Bonchev–Trinajstić information content (AvgIpc) is 3.40. The summed E-state index contributed by atoms with van der Waals surface area (Å²) in [4.78, 5) is 13.1. The van der Waals surface area contributed by atoms with Crippen molar-refractivity contribution >= 4 is 18.3 Å². The minimum atomic E-state index is -0.0230. The van der Waals surface area contributed by atoms with E-state index in [1.165, 1.54) is 24.0 Å². The van der Waals surface area contributed by atoms with E-state index >= 15 is 0 Å². The molecular weight excluding hydrogens is 372 g/mol. The first-order valence-electron chi connectivity index (χ1n) is 10.1. The van der Waals surface area contributed by atoms with Gasteiger partial charge in [-0.1, -0.05) is 42.7 Å². The molecule has 1 aromatic heterocycles. The molecule has 2 aromatic rings. The van der Waals surface area contributed by atoms with E-state index in [1.807, 2.05) is 24.1 Å². The predicted octanol–water partition coefficient (Wildman–Crippen LogP) is 3.08. The molecule has 2 aliphatic rings. The van der Waals surface area contributed by atoms with Crippen LogP contribution in [0.2, 0.25) is 0 Å². The van der Waals surface area contributed by atoms with Gasteiger partial charge in [-0.2, -0.15) is 5.10 Å². The Kier molecular flexibility index (Phi) is 6.46. The van der Waals surface area contributed by atoms with Gasteiger partial charge in [-0.05, 0) is 30.9 Å². The van der Waals surface area contributed by atoms with Crippen LogP contribution in [-0.4, -0.2) is 35.3 Å². The minimum Gasteiger partial charge on any atom is -0.355 e. The van der Waals surface area contributed by atoms with Crippen molar-refractivity contribution in [2.24, 2.45) is 13.0 Å². The summed E-state index contributed by atoms with van der Waals surface area (Å²) in [6.07, 6.45) is 8.73. The van der Waals surface area contributed by atoms with Gasteiger partial charge in [-0.25, -0.2) is 0 Å². The Morgan fingerprint density at radius 2 is 2.11 bits per heavy atom. The number of nitrogens with one attached hydrogen (secondary N) is 2. The fourth-order valence-corrected chi connectivity index (χ4v) is 4.92. The van der Waals surface area contributed by atoms with Gasteiger partial charge in [0.1, 0.15) is 0 Å². The SMILES string of the molecule is Cc1cccc(C2(CNC(=O)[C@H]3CNC[C@@H]3c3cnn(C)c3)CCCC2)c1.Cl. The first-order valence-corrected chi connectivity index (χ1v) is 10.1. The van der Waals surface area contributed by atoms with Gasteiger partial charge in [-0.3, -0.25) is 9.48 Å². The Hall–Kier alpha value is -1.85. The summed E-state index contributed by atoms with van der Waals surface area (Å²) in [5.41, 5.74) is 3.92. The molecule has 0 unspecified atom stereocenters. The van der Waals surface area contributed by atoms with Gasteiger partial charge < -0.3 is 10.6 Å². The van der Waals surface area contributed by atoms with Crippen molar-refractivity contribution in [3.8, 4) is 0 Å². The number of rotatable bonds is 5. The van der Waals surface area contributed by atoms with Gasteiger partial charge in [0.15, 0.2) is 0 Å². The number of nitrogens with zero attached hydrogens (tertiary/aromatic N) is 2. The molecule has 2 atom stereocenters. The largest absolute Gasteiger partial charge is 0.355 e. The molecule has 1 saturated carbocycles. The quantitative estimate of drug-likeness (QED) is 0.807. The molecule has 28 heavy (non-hydrogen) atoms. The summed E-state index contributed by atoms with van der Waals surface area (Å²) >= 11 is 0. The lowest BCUT2D eigenvalue weighted by molar-refractivity contribution is -0.125. The summed E-state index contributed by atoms with van der Waals surface area (Å²) in [6, 6.07) is 8.83. The summed E-state index contributed by atoms with van der Waals surface area (Å²) < 4.78 is 1.81. The second kappa shape index (κ2) is 8.66. The number of benzene rings is 1. The lowest BCUT2D eigenvalue weighted by Crippen LogP contribution is -2.43. The molecule has 1 aliphatic carbocycles. The van der Waals surface area contributed by atoms with Crippen LogP contribution in [0.3, 0.4) is 0 Å². The third-order valence-corrected chi connectivity index (χ3v) is 6.50. The van der Waals surface area contributed by atoms with Crippen LogP contribution in [0.5, 0.6) is 0 Å². The highest BCUT2D eigenvalue weighted by Crippen LogP contribution is 2.41. The van der Waals surface area contributed by atoms with Gasteiger partial charge in [0.25, 0.3) is 0 Å². The Morgan fingerprint density at radius 1 is 1.32 bits per heavy atom. The lowest BCUT2D eigenvalue weighted by atomic mass is 9.78. The lowest BCUT2D eigenvalue weighted by Gasteiger charge is -2.31. The number of carbonyl (C=O) groups is 1. The van der Waals surface area contributed by atoms with Crippen LogP contribution >= 0.6 is 12.4 Å². The first kappa shape index (κ1) is 20.9. The maximum Gasteiger partial charge on any atom is 0.225 e. The zero-order valence-corrected chi connectivity index (χ0v) is 17.6. The van der Waals surface area contributed by atoms with Gasteiger partial charge in [0.05, 0.1) is 12.1 Å². The van der Waals surface area contributed by atoms with E-state index in [1.54, 1.807) is 0 Å². The molecule has 0 bridgehead atoms. The molecule has 5 nitrogen and oxygen atoms in total. The van der Waals surface area contributed by atoms with Gasteiger partial charge in [0, 0.05) is 44.2 Å². The first-order chi connectivity index (χ1) is 13.1. The van der Waals surface area contributed by atoms with Gasteiger partial charge >= 0.3 is 0 Å². The van der Waals surface area contributed by atoms with E-state index in [4.69, 9.17) is 0 Å². The van der Waals surface area contributed by atoms with Crippen molar-refractivity contribution in [1.82, 2.24) is 20.4 Å². The molecule has 6 heteroatoms. The van der Waals surface area contributed by atoms with E-state index in [-0.39, 0.29) is 35.6 Å². The molecule has 0 radical (unpaired) electrons. The Bertz CT molecular complexity index is 812. The van der Waals surface area contributed by atoms with Crippen molar-refractivity contribution < 1.29 is 4.79 Å². The monoisotopic (exact) mass is 402 g/mol. The average molecular weight is 403 g/mol. The highest BCUT2D eigenvalue weighted by Gasteiger charge is 2.39. The van der Waals surface area contributed by atoms with Crippen LogP contribution in [0.4, 0.5) is 0 Å². The number of hydrogen-bond acceptors (Lipinski definition) is 3. The second-order valence-corrected chi connectivity index (χ2v) is 8.39. The summed E-state index contributed by atoms with van der Waals surface area (Å²) in [5, 5.41) is 11.0. The van der Waals surface area contributed by atoms with Crippen LogP contribution in [0.1, 0.15) is 48.3 Å². The van der Waals surface area contributed by atoms with Crippen molar-refractivity contribution in [3.05, 3.63) is 53.3 Å². The minimum absolute atomic E-state index is 0. The number of amides is 1. The molecule has 1 amide bonds. The van der Waals surface area contributed by atoms with Crippen LogP contribution < -0.4 is 10.6 Å². The Morgan fingerprint density at radius 3 is 2.79 bits per heavy atom. The molecule has 1 saturated heterocycles. The fraction of sp³-hybridized carbons (Fsp3) is 0.545. The normalized spacial score (nSPS) is 23.4. The Labute approximate surface area is 173 Å². The number of hydrogen-bond donors (Lipinski definition) is 2. The summed E-state index contributed by atoms with van der Waals surface area (Å²) in [7, 11) is 1.92. The molecule has 2 heterocycles. The molecular formula is C22H31ClN4O.